The van der Waals surface area contributed by atoms with Crippen LogP contribution in [0.5, 0.6) is 0 Å². The normalized spacial score (nSPS) is 15.1. The van der Waals surface area contributed by atoms with Crippen LogP contribution in [0.1, 0.15) is 38.7 Å². The molecule has 2 N–H and O–H groups in total. The highest BCUT2D eigenvalue weighted by Gasteiger charge is 2.23. The van der Waals surface area contributed by atoms with Crippen LogP contribution in [-0.4, -0.2) is 5.54 Å². The third kappa shape index (κ3) is 4.36. The van der Waals surface area contributed by atoms with Gasteiger partial charge < -0.3 is 5.73 Å². The minimum absolute atomic E-state index is 0.0932. The molecule has 0 amide bonds. The third-order valence-electron chi connectivity index (χ3n) is 3.07. The molecular formula is C15H24N. The van der Waals surface area contributed by atoms with E-state index < -0.39 is 0 Å². The molecule has 1 aromatic rings. The van der Waals surface area contributed by atoms with Gasteiger partial charge in [-0.1, -0.05) is 51.1 Å². The lowest BCUT2D eigenvalue weighted by Gasteiger charge is -2.30. The van der Waals surface area contributed by atoms with Crippen LogP contribution in [0, 0.1) is 12.8 Å². The molecule has 0 bridgehead atoms. The first-order valence-corrected chi connectivity index (χ1v) is 6.18. The van der Waals surface area contributed by atoms with E-state index in [1.807, 2.05) is 0 Å². The molecule has 1 radical (unpaired) electrons. The lowest BCUT2D eigenvalue weighted by Crippen LogP contribution is -2.41. The van der Waals surface area contributed by atoms with Gasteiger partial charge in [0.15, 0.2) is 0 Å². The molecule has 1 nitrogen and oxygen atoms in total. The van der Waals surface area contributed by atoms with E-state index in [9.17, 15) is 0 Å². The smallest absolute Gasteiger partial charge is 0.0160 e. The molecule has 1 heteroatoms. The molecular weight excluding hydrogens is 194 g/mol. The van der Waals surface area contributed by atoms with E-state index in [0.717, 1.165) is 25.7 Å². The van der Waals surface area contributed by atoms with Crippen LogP contribution in [0.25, 0.3) is 0 Å². The van der Waals surface area contributed by atoms with Gasteiger partial charge in [0.1, 0.15) is 0 Å². The van der Waals surface area contributed by atoms with E-state index >= 15 is 0 Å². The fourth-order valence-electron chi connectivity index (χ4n) is 2.18. The van der Waals surface area contributed by atoms with Gasteiger partial charge in [0, 0.05) is 5.54 Å². The monoisotopic (exact) mass is 218 g/mol. The summed E-state index contributed by atoms with van der Waals surface area (Å²) >= 11 is 0. The third-order valence-corrected chi connectivity index (χ3v) is 3.07. The fraction of sp³-hybridized carbons (Fsp3) is 0.533. The summed E-state index contributed by atoms with van der Waals surface area (Å²) in [5.74, 6) is 0.641. The Kier molecular flexibility index (Phi) is 5.01. The van der Waals surface area contributed by atoms with Gasteiger partial charge >= 0.3 is 0 Å². The Morgan fingerprint density at radius 2 is 1.88 bits per heavy atom. The molecule has 1 aromatic carbocycles. The Labute approximate surface area is 100 Å². The number of nitrogens with two attached hydrogens (primary N) is 1. The maximum atomic E-state index is 6.38. The second-order valence-corrected chi connectivity index (χ2v) is 5.20. The number of rotatable bonds is 6. The molecule has 0 fully saturated rings. The van der Waals surface area contributed by atoms with Crippen molar-refractivity contribution in [1.29, 1.82) is 0 Å². The molecule has 89 valence electrons. The van der Waals surface area contributed by atoms with E-state index in [1.54, 1.807) is 0 Å². The van der Waals surface area contributed by atoms with Crippen molar-refractivity contribution in [3.8, 4) is 0 Å². The summed E-state index contributed by atoms with van der Waals surface area (Å²) in [5.41, 5.74) is 7.66. The lowest BCUT2D eigenvalue weighted by molar-refractivity contribution is 0.320. The van der Waals surface area contributed by atoms with Gasteiger partial charge in [0.05, 0.1) is 0 Å². The SMILES string of the molecule is [CH2]CC(N)(CCc1ccccc1)CC(C)C. The Morgan fingerprint density at radius 1 is 1.25 bits per heavy atom. The van der Waals surface area contributed by atoms with E-state index in [2.05, 4.69) is 51.1 Å². The summed E-state index contributed by atoms with van der Waals surface area (Å²) in [4.78, 5) is 0. The van der Waals surface area contributed by atoms with Gasteiger partial charge in [-0.05, 0) is 37.2 Å². The second-order valence-electron chi connectivity index (χ2n) is 5.20. The summed E-state index contributed by atoms with van der Waals surface area (Å²) in [7, 11) is 0. The average molecular weight is 218 g/mol. The molecule has 16 heavy (non-hydrogen) atoms. The summed E-state index contributed by atoms with van der Waals surface area (Å²) in [6.07, 6.45) is 3.96. The summed E-state index contributed by atoms with van der Waals surface area (Å²) in [6, 6.07) is 10.5. The Hall–Kier alpha value is -0.820. The Morgan fingerprint density at radius 3 is 2.38 bits per heavy atom. The van der Waals surface area contributed by atoms with Crippen molar-refractivity contribution in [1.82, 2.24) is 0 Å². The molecule has 0 aromatic heterocycles. The average Bonchev–Trinajstić information content (AvgIpc) is 2.27. The molecule has 0 spiro atoms. The van der Waals surface area contributed by atoms with Crippen molar-refractivity contribution in [2.24, 2.45) is 11.7 Å². The summed E-state index contributed by atoms with van der Waals surface area (Å²) in [5, 5.41) is 0. The van der Waals surface area contributed by atoms with Crippen LogP contribution in [0.4, 0.5) is 0 Å². The highest BCUT2D eigenvalue weighted by molar-refractivity contribution is 5.15. The Balaban J connectivity index is 2.51. The zero-order chi connectivity index (χ0) is 12.0. The summed E-state index contributed by atoms with van der Waals surface area (Å²) in [6.45, 7) is 8.44. The van der Waals surface area contributed by atoms with E-state index in [-0.39, 0.29) is 5.54 Å². The molecule has 0 aliphatic rings. The lowest BCUT2D eigenvalue weighted by atomic mass is 9.82. The van der Waals surface area contributed by atoms with Crippen molar-refractivity contribution in [2.75, 3.05) is 0 Å². The zero-order valence-corrected chi connectivity index (χ0v) is 10.6. The molecule has 0 aliphatic carbocycles. The van der Waals surface area contributed by atoms with Gasteiger partial charge in [-0.25, -0.2) is 0 Å². The van der Waals surface area contributed by atoms with Crippen LogP contribution < -0.4 is 5.73 Å². The first kappa shape index (κ1) is 13.2. The van der Waals surface area contributed by atoms with Crippen molar-refractivity contribution >= 4 is 0 Å². The highest BCUT2D eigenvalue weighted by atomic mass is 14.7. The standard InChI is InChI=1S/C15H24N/c1-4-15(16,12-13(2)3)11-10-14-8-6-5-7-9-14/h5-9,13H,1,4,10-12,16H2,2-3H3. The summed E-state index contributed by atoms with van der Waals surface area (Å²) < 4.78 is 0. The maximum absolute atomic E-state index is 6.38. The first-order chi connectivity index (χ1) is 7.56. The van der Waals surface area contributed by atoms with E-state index in [4.69, 9.17) is 5.73 Å². The molecule has 0 aliphatic heterocycles. The molecule has 1 rings (SSSR count). The van der Waals surface area contributed by atoms with Gasteiger partial charge in [-0.2, -0.15) is 0 Å². The number of hydrogen-bond acceptors (Lipinski definition) is 1. The minimum Gasteiger partial charge on any atom is -0.325 e. The number of hydrogen-bond donors (Lipinski definition) is 1. The van der Waals surface area contributed by atoms with E-state index in [1.165, 1.54) is 5.56 Å². The first-order valence-electron chi connectivity index (χ1n) is 6.18. The molecule has 0 saturated heterocycles. The fourth-order valence-corrected chi connectivity index (χ4v) is 2.18. The quantitative estimate of drug-likeness (QED) is 0.776. The second kappa shape index (κ2) is 6.05. The zero-order valence-electron chi connectivity index (χ0n) is 10.6. The Bertz CT molecular complexity index is 292. The molecule has 1 atom stereocenters. The van der Waals surface area contributed by atoms with Gasteiger partial charge in [-0.15, -0.1) is 0 Å². The van der Waals surface area contributed by atoms with Crippen LogP contribution in [0.3, 0.4) is 0 Å². The van der Waals surface area contributed by atoms with Crippen LogP contribution >= 0.6 is 0 Å². The van der Waals surface area contributed by atoms with Crippen LogP contribution in [0.15, 0.2) is 30.3 Å². The maximum Gasteiger partial charge on any atom is 0.0160 e. The van der Waals surface area contributed by atoms with Gasteiger partial charge in [0.2, 0.25) is 0 Å². The topological polar surface area (TPSA) is 26.0 Å². The van der Waals surface area contributed by atoms with Gasteiger partial charge in [-0.3, -0.25) is 0 Å². The van der Waals surface area contributed by atoms with Crippen LogP contribution in [0.2, 0.25) is 0 Å². The predicted octanol–water partition coefficient (Wildman–Crippen LogP) is 3.59. The van der Waals surface area contributed by atoms with Crippen molar-refractivity contribution in [3.05, 3.63) is 42.8 Å². The molecule has 0 heterocycles. The van der Waals surface area contributed by atoms with Crippen molar-refractivity contribution < 1.29 is 0 Å². The van der Waals surface area contributed by atoms with Gasteiger partial charge in [0.25, 0.3) is 0 Å². The van der Waals surface area contributed by atoms with Crippen molar-refractivity contribution in [3.63, 3.8) is 0 Å². The largest absolute Gasteiger partial charge is 0.325 e. The predicted molar refractivity (Wildman–Crippen MR) is 71.1 cm³/mol. The molecule has 1 unspecified atom stereocenters. The highest BCUT2D eigenvalue weighted by Crippen LogP contribution is 2.23. The van der Waals surface area contributed by atoms with Crippen molar-refractivity contribution in [2.45, 2.75) is 45.1 Å². The molecule has 0 saturated carbocycles. The minimum atomic E-state index is -0.0932. The number of benzene rings is 1. The van der Waals surface area contributed by atoms with Crippen LogP contribution in [-0.2, 0) is 6.42 Å². The van der Waals surface area contributed by atoms with E-state index in [0.29, 0.717) is 5.92 Å². The number of aryl methyl sites for hydroxylation is 1.